The molecule has 0 saturated heterocycles. The first kappa shape index (κ1) is 12.5. The summed E-state index contributed by atoms with van der Waals surface area (Å²) in [5.74, 6) is -0.562. The van der Waals surface area contributed by atoms with Crippen LogP contribution in [-0.4, -0.2) is 32.4 Å². The molecule has 14 heavy (non-hydrogen) atoms. The molecule has 0 rings (SSSR count). The fourth-order valence-corrected chi connectivity index (χ4v) is 0.601. The molecule has 0 aliphatic heterocycles. The maximum absolute atomic E-state index is 10.6. The molecule has 0 spiro atoms. The first-order valence-electron chi connectivity index (χ1n) is 4.10. The molecule has 0 bridgehead atoms. The SMILES string of the molecule is C=CC(=O)OCC(C)COC(=O)OC. The molecule has 0 saturated carbocycles. The zero-order valence-corrected chi connectivity index (χ0v) is 8.32. The van der Waals surface area contributed by atoms with Gasteiger partial charge >= 0.3 is 12.1 Å². The van der Waals surface area contributed by atoms with E-state index in [2.05, 4.69) is 16.1 Å². The van der Waals surface area contributed by atoms with Crippen LogP contribution in [0.5, 0.6) is 0 Å². The summed E-state index contributed by atoms with van der Waals surface area (Å²) < 4.78 is 13.6. The molecule has 5 nitrogen and oxygen atoms in total. The number of methoxy groups -OCH3 is 1. The summed E-state index contributed by atoms with van der Waals surface area (Å²) in [7, 11) is 1.23. The minimum atomic E-state index is -0.744. The van der Waals surface area contributed by atoms with Crippen molar-refractivity contribution < 1.29 is 23.8 Å². The summed E-state index contributed by atoms with van der Waals surface area (Å²) in [5.41, 5.74) is 0. The maximum atomic E-state index is 10.6. The Bertz CT molecular complexity index is 211. The molecular weight excluding hydrogens is 188 g/mol. The van der Waals surface area contributed by atoms with E-state index in [9.17, 15) is 9.59 Å². The summed E-state index contributed by atoms with van der Waals surface area (Å²) in [6, 6.07) is 0. The van der Waals surface area contributed by atoms with Crippen LogP contribution in [0.3, 0.4) is 0 Å². The number of carbonyl (C=O) groups is 2. The lowest BCUT2D eigenvalue weighted by Crippen LogP contribution is -2.17. The molecule has 1 atom stereocenters. The second-order valence-corrected chi connectivity index (χ2v) is 2.70. The van der Waals surface area contributed by atoms with E-state index in [1.54, 1.807) is 6.92 Å². The van der Waals surface area contributed by atoms with Gasteiger partial charge in [0.1, 0.15) is 6.61 Å². The van der Waals surface area contributed by atoms with Gasteiger partial charge in [-0.05, 0) is 0 Å². The fourth-order valence-electron chi connectivity index (χ4n) is 0.601. The highest BCUT2D eigenvalue weighted by Crippen LogP contribution is 1.98. The Hall–Kier alpha value is -1.52. The van der Waals surface area contributed by atoms with Crippen molar-refractivity contribution >= 4 is 12.1 Å². The molecule has 0 heterocycles. The van der Waals surface area contributed by atoms with Crippen molar-refractivity contribution in [3.05, 3.63) is 12.7 Å². The van der Waals surface area contributed by atoms with Crippen LogP contribution in [-0.2, 0) is 19.0 Å². The highest BCUT2D eigenvalue weighted by molar-refractivity contribution is 5.81. The van der Waals surface area contributed by atoms with Crippen molar-refractivity contribution in [2.24, 2.45) is 5.92 Å². The van der Waals surface area contributed by atoms with Crippen molar-refractivity contribution in [2.75, 3.05) is 20.3 Å². The Balaban J connectivity index is 3.55. The molecule has 80 valence electrons. The van der Waals surface area contributed by atoms with E-state index in [4.69, 9.17) is 4.74 Å². The minimum Gasteiger partial charge on any atom is -0.462 e. The Labute approximate surface area is 82.6 Å². The molecule has 0 aliphatic carbocycles. The van der Waals surface area contributed by atoms with Crippen molar-refractivity contribution in [1.29, 1.82) is 0 Å². The van der Waals surface area contributed by atoms with Crippen LogP contribution in [0, 0.1) is 5.92 Å². The van der Waals surface area contributed by atoms with Gasteiger partial charge in [-0.25, -0.2) is 9.59 Å². The van der Waals surface area contributed by atoms with Crippen LogP contribution in [0.4, 0.5) is 4.79 Å². The van der Waals surface area contributed by atoms with E-state index in [0.29, 0.717) is 0 Å². The van der Waals surface area contributed by atoms with E-state index in [0.717, 1.165) is 6.08 Å². The fraction of sp³-hybridized carbons (Fsp3) is 0.556. The zero-order valence-electron chi connectivity index (χ0n) is 8.32. The van der Waals surface area contributed by atoms with Crippen LogP contribution in [0.2, 0.25) is 0 Å². The number of carbonyl (C=O) groups excluding carboxylic acids is 2. The van der Waals surface area contributed by atoms with Gasteiger partial charge in [-0.2, -0.15) is 0 Å². The first-order valence-corrected chi connectivity index (χ1v) is 4.10. The maximum Gasteiger partial charge on any atom is 0.507 e. The van der Waals surface area contributed by atoms with E-state index >= 15 is 0 Å². The molecule has 0 N–H and O–H groups in total. The Morgan fingerprint density at radius 2 is 1.93 bits per heavy atom. The van der Waals surface area contributed by atoms with Crippen LogP contribution < -0.4 is 0 Å². The van der Waals surface area contributed by atoms with Crippen molar-refractivity contribution in [3.63, 3.8) is 0 Å². The smallest absolute Gasteiger partial charge is 0.462 e. The standard InChI is InChI=1S/C9H14O5/c1-4-8(10)13-5-7(2)6-14-9(11)12-3/h4,7H,1,5-6H2,2-3H3. The molecule has 1 unspecified atom stereocenters. The number of hydrogen-bond acceptors (Lipinski definition) is 5. The normalized spacial score (nSPS) is 11.3. The average molecular weight is 202 g/mol. The van der Waals surface area contributed by atoms with Gasteiger partial charge in [-0.1, -0.05) is 13.5 Å². The molecule has 0 aliphatic rings. The summed E-state index contributed by atoms with van der Waals surface area (Å²) >= 11 is 0. The molecule has 5 heteroatoms. The molecule has 0 amide bonds. The van der Waals surface area contributed by atoms with E-state index in [1.807, 2.05) is 0 Å². The number of rotatable bonds is 5. The van der Waals surface area contributed by atoms with E-state index in [1.165, 1.54) is 7.11 Å². The second kappa shape index (κ2) is 6.94. The third-order valence-electron chi connectivity index (χ3n) is 1.33. The predicted molar refractivity (Wildman–Crippen MR) is 48.7 cm³/mol. The molecular formula is C9H14O5. The van der Waals surface area contributed by atoms with Crippen LogP contribution in [0.15, 0.2) is 12.7 Å². The summed E-state index contributed by atoms with van der Waals surface area (Å²) in [5, 5.41) is 0. The lowest BCUT2D eigenvalue weighted by Gasteiger charge is -2.10. The Morgan fingerprint density at radius 1 is 1.36 bits per heavy atom. The lowest BCUT2D eigenvalue weighted by molar-refractivity contribution is -0.139. The van der Waals surface area contributed by atoms with Gasteiger partial charge in [0.25, 0.3) is 0 Å². The molecule has 0 fully saturated rings. The topological polar surface area (TPSA) is 61.8 Å². The van der Waals surface area contributed by atoms with Gasteiger partial charge < -0.3 is 14.2 Å². The van der Waals surface area contributed by atoms with Crippen LogP contribution >= 0.6 is 0 Å². The zero-order chi connectivity index (χ0) is 11.0. The van der Waals surface area contributed by atoms with Gasteiger partial charge in [0, 0.05) is 12.0 Å². The van der Waals surface area contributed by atoms with Gasteiger partial charge in [-0.15, -0.1) is 0 Å². The summed E-state index contributed by atoms with van der Waals surface area (Å²) in [4.78, 5) is 21.2. The average Bonchev–Trinajstić information content (AvgIpc) is 2.22. The van der Waals surface area contributed by atoms with Gasteiger partial charge in [-0.3, -0.25) is 0 Å². The highest BCUT2D eigenvalue weighted by Gasteiger charge is 2.08. The van der Waals surface area contributed by atoms with Crippen molar-refractivity contribution in [3.8, 4) is 0 Å². The number of ether oxygens (including phenoxy) is 3. The quantitative estimate of drug-likeness (QED) is 0.494. The van der Waals surface area contributed by atoms with Crippen molar-refractivity contribution in [1.82, 2.24) is 0 Å². The Kier molecular flexibility index (Phi) is 6.19. The molecule has 0 aromatic rings. The second-order valence-electron chi connectivity index (χ2n) is 2.70. The third kappa shape index (κ3) is 6.05. The van der Waals surface area contributed by atoms with E-state index in [-0.39, 0.29) is 19.1 Å². The van der Waals surface area contributed by atoms with Crippen molar-refractivity contribution in [2.45, 2.75) is 6.92 Å². The first-order chi connectivity index (χ1) is 6.60. The molecule has 0 aromatic heterocycles. The third-order valence-corrected chi connectivity index (χ3v) is 1.33. The monoisotopic (exact) mass is 202 g/mol. The summed E-state index contributed by atoms with van der Waals surface area (Å²) in [6.07, 6.45) is 0.334. The molecule has 0 aromatic carbocycles. The van der Waals surface area contributed by atoms with Crippen LogP contribution in [0.25, 0.3) is 0 Å². The highest BCUT2D eigenvalue weighted by atomic mass is 16.7. The largest absolute Gasteiger partial charge is 0.507 e. The van der Waals surface area contributed by atoms with E-state index < -0.39 is 12.1 Å². The van der Waals surface area contributed by atoms with Gasteiger partial charge in [0.15, 0.2) is 0 Å². The predicted octanol–water partition coefficient (Wildman–Crippen LogP) is 1.13. The molecule has 0 radical (unpaired) electrons. The minimum absolute atomic E-state index is 0.0713. The summed E-state index contributed by atoms with van der Waals surface area (Å²) in [6.45, 7) is 5.36. The van der Waals surface area contributed by atoms with Gasteiger partial charge in [0.05, 0.1) is 13.7 Å². The van der Waals surface area contributed by atoms with Gasteiger partial charge in [0.2, 0.25) is 0 Å². The number of hydrogen-bond donors (Lipinski definition) is 0. The Morgan fingerprint density at radius 3 is 2.43 bits per heavy atom. The number of esters is 1. The van der Waals surface area contributed by atoms with Crippen LogP contribution in [0.1, 0.15) is 6.92 Å². The lowest BCUT2D eigenvalue weighted by atomic mass is 10.2.